The largest absolute Gasteiger partial charge is 0.484 e. The summed E-state index contributed by atoms with van der Waals surface area (Å²) >= 11 is 0. The standard InChI is InChI=1S/C19H13F4NO4/c1-10-2-5-15(14(20)6-10)24-17(25)9-27-11-3-4-12-13(19(21,22)23)8-18(26)28-16(12)7-11/h2-8H,9H2,1H3,(H,24,25). The van der Waals surface area contributed by atoms with Gasteiger partial charge in [0.05, 0.1) is 11.3 Å². The molecule has 0 aliphatic heterocycles. The Balaban J connectivity index is 1.76. The molecule has 0 unspecified atom stereocenters. The predicted molar refractivity (Wildman–Crippen MR) is 92.7 cm³/mol. The Morgan fingerprint density at radius 3 is 2.57 bits per heavy atom. The van der Waals surface area contributed by atoms with Gasteiger partial charge >= 0.3 is 11.8 Å². The topological polar surface area (TPSA) is 68.5 Å². The highest BCUT2D eigenvalue weighted by atomic mass is 19.4. The van der Waals surface area contributed by atoms with E-state index in [0.717, 1.165) is 12.1 Å². The number of rotatable bonds is 4. The molecule has 1 N–H and O–H groups in total. The molecule has 1 heterocycles. The normalized spacial score (nSPS) is 11.5. The zero-order valence-electron chi connectivity index (χ0n) is 14.4. The molecular weight excluding hydrogens is 382 g/mol. The van der Waals surface area contributed by atoms with E-state index in [-0.39, 0.29) is 22.4 Å². The second-order valence-corrected chi connectivity index (χ2v) is 5.95. The van der Waals surface area contributed by atoms with Gasteiger partial charge in [0, 0.05) is 17.5 Å². The van der Waals surface area contributed by atoms with E-state index in [4.69, 9.17) is 9.15 Å². The van der Waals surface area contributed by atoms with Gasteiger partial charge in [-0.1, -0.05) is 6.07 Å². The third kappa shape index (κ3) is 4.30. The third-order valence-corrected chi connectivity index (χ3v) is 3.79. The van der Waals surface area contributed by atoms with Crippen LogP contribution < -0.4 is 15.7 Å². The number of carbonyl (C=O) groups excluding carboxylic acids is 1. The molecule has 1 amide bonds. The van der Waals surface area contributed by atoms with Crippen LogP contribution in [0.25, 0.3) is 11.0 Å². The quantitative estimate of drug-likeness (QED) is 0.529. The maximum atomic E-state index is 13.7. The number of benzene rings is 2. The Kier molecular flexibility index (Phi) is 5.08. The molecule has 0 saturated carbocycles. The number of carbonyl (C=O) groups is 1. The van der Waals surface area contributed by atoms with Crippen LogP contribution in [0.2, 0.25) is 0 Å². The second kappa shape index (κ2) is 7.34. The van der Waals surface area contributed by atoms with Gasteiger partial charge in [-0.15, -0.1) is 0 Å². The molecule has 0 radical (unpaired) electrons. The van der Waals surface area contributed by atoms with E-state index in [1.807, 2.05) is 0 Å². The van der Waals surface area contributed by atoms with Gasteiger partial charge in [-0.25, -0.2) is 9.18 Å². The smallest absolute Gasteiger partial charge is 0.417 e. The second-order valence-electron chi connectivity index (χ2n) is 5.95. The molecule has 0 aliphatic carbocycles. The highest BCUT2D eigenvalue weighted by Crippen LogP contribution is 2.34. The van der Waals surface area contributed by atoms with Gasteiger partial charge in [0.25, 0.3) is 5.91 Å². The molecule has 3 rings (SSSR count). The number of fused-ring (bicyclic) bond motifs is 1. The van der Waals surface area contributed by atoms with Crippen LogP contribution in [0.3, 0.4) is 0 Å². The van der Waals surface area contributed by atoms with Gasteiger partial charge in [0.1, 0.15) is 17.1 Å². The lowest BCUT2D eigenvalue weighted by Crippen LogP contribution is -2.20. The first-order valence-electron chi connectivity index (χ1n) is 7.97. The van der Waals surface area contributed by atoms with E-state index in [2.05, 4.69) is 5.32 Å². The van der Waals surface area contributed by atoms with Crippen LogP contribution in [0, 0.1) is 12.7 Å². The number of halogens is 4. The summed E-state index contributed by atoms with van der Waals surface area (Å²) in [4.78, 5) is 23.3. The molecule has 1 aromatic heterocycles. The zero-order valence-corrected chi connectivity index (χ0v) is 14.4. The minimum Gasteiger partial charge on any atom is -0.484 e. The minimum atomic E-state index is -4.73. The number of hydrogen-bond acceptors (Lipinski definition) is 4. The van der Waals surface area contributed by atoms with Crippen molar-refractivity contribution in [3.8, 4) is 5.75 Å². The maximum Gasteiger partial charge on any atom is 0.417 e. The summed E-state index contributed by atoms with van der Waals surface area (Å²) in [5.41, 5.74) is -1.97. The van der Waals surface area contributed by atoms with Gasteiger partial charge < -0.3 is 14.5 Å². The number of nitrogens with one attached hydrogen (secondary N) is 1. The monoisotopic (exact) mass is 395 g/mol. The minimum absolute atomic E-state index is 0.00880. The molecule has 9 heteroatoms. The molecule has 5 nitrogen and oxygen atoms in total. The number of anilines is 1. The maximum absolute atomic E-state index is 13.7. The van der Waals surface area contributed by atoms with E-state index in [9.17, 15) is 27.2 Å². The van der Waals surface area contributed by atoms with Crippen LogP contribution in [0.4, 0.5) is 23.2 Å². The van der Waals surface area contributed by atoms with Crippen LogP contribution in [0.15, 0.2) is 51.7 Å². The summed E-state index contributed by atoms with van der Waals surface area (Å²) in [7, 11) is 0. The first-order valence-corrected chi connectivity index (χ1v) is 7.97. The molecule has 0 aliphatic rings. The molecule has 2 aromatic carbocycles. The Morgan fingerprint density at radius 2 is 1.89 bits per heavy atom. The van der Waals surface area contributed by atoms with Crippen molar-refractivity contribution in [3.63, 3.8) is 0 Å². The van der Waals surface area contributed by atoms with E-state index >= 15 is 0 Å². The number of aryl methyl sites for hydroxylation is 1. The SMILES string of the molecule is Cc1ccc(NC(=O)COc2ccc3c(C(F)(F)F)cc(=O)oc3c2)c(F)c1. The highest BCUT2D eigenvalue weighted by molar-refractivity contribution is 5.92. The number of alkyl halides is 3. The molecule has 0 spiro atoms. The van der Waals surface area contributed by atoms with E-state index in [0.29, 0.717) is 11.6 Å². The van der Waals surface area contributed by atoms with Crippen molar-refractivity contribution in [1.82, 2.24) is 0 Å². The van der Waals surface area contributed by atoms with Crippen molar-refractivity contribution in [1.29, 1.82) is 0 Å². The van der Waals surface area contributed by atoms with Gasteiger partial charge in [-0.2, -0.15) is 13.2 Å². The van der Waals surface area contributed by atoms with Crippen molar-refractivity contribution >= 4 is 22.6 Å². The summed E-state index contributed by atoms with van der Waals surface area (Å²) in [6, 6.07) is 7.98. The van der Waals surface area contributed by atoms with Crippen LogP contribution >= 0.6 is 0 Å². The highest BCUT2D eigenvalue weighted by Gasteiger charge is 2.33. The summed E-state index contributed by atoms with van der Waals surface area (Å²) in [5, 5.41) is 2.01. The summed E-state index contributed by atoms with van der Waals surface area (Å²) < 4.78 is 62.8. The number of amides is 1. The predicted octanol–water partition coefficient (Wildman–Crippen LogP) is 4.28. The molecule has 0 bridgehead atoms. The fraction of sp³-hybridized carbons (Fsp3) is 0.158. The van der Waals surface area contributed by atoms with Crippen molar-refractivity contribution in [2.45, 2.75) is 13.1 Å². The summed E-state index contributed by atoms with van der Waals surface area (Å²) in [5.74, 6) is -1.27. The summed E-state index contributed by atoms with van der Waals surface area (Å²) in [6.07, 6.45) is -4.73. The van der Waals surface area contributed by atoms with Crippen LogP contribution in [-0.4, -0.2) is 12.5 Å². The zero-order chi connectivity index (χ0) is 20.5. The molecule has 28 heavy (non-hydrogen) atoms. The summed E-state index contributed by atoms with van der Waals surface area (Å²) in [6.45, 7) is 1.17. The van der Waals surface area contributed by atoms with Crippen LogP contribution in [-0.2, 0) is 11.0 Å². The van der Waals surface area contributed by atoms with Gasteiger partial charge in [-0.05, 0) is 36.8 Å². The fourth-order valence-corrected chi connectivity index (χ4v) is 2.52. The number of hydrogen-bond donors (Lipinski definition) is 1. The van der Waals surface area contributed by atoms with Crippen LogP contribution in [0.5, 0.6) is 5.75 Å². The third-order valence-electron chi connectivity index (χ3n) is 3.79. The Morgan fingerprint density at radius 1 is 1.14 bits per heavy atom. The Labute approximate surface area is 155 Å². The van der Waals surface area contributed by atoms with E-state index < -0.39 is 35.7 Å². The lowest BCUT2D eigenvalue weighted by atomic mass is 10.1. The Bertz CT molecular complexity index is 1110. The van der Waals surface area contributed by atoms with Gasteiger partial charge in [0.15, 0.2) is 6.61 Å². The van der Waals surface area contributed by atoms with Crippen LogP contribution in [0.1, 0.15) is 11.1 Å². The average molecular weight is 395 g/mol. The lowest BCUT2D eigenvalue weighted by Gasteiger charge is -2.11. The fourth-order valence-electron chi connectivity index (χ4n) is 2.52. The first kappa shape index (κ1) is 19.4. The average Bonchev–Trinajstić information content (AvgIpc) is 2.60. The lowest BCUT2D eigenvalue weighted by molar-refractivity contribution is -0.136. The van der Waals surface area contributed by atoms with Gasteiger partial charge in [0.2, 0.25) is 0 Å². The first-order chi connectivity index (χ1) is 13.1. The van der Waals surface area contributed by atoms with Crippen molar-refractivity contribution in [2.75, 3.05) is 11.9 Å². The molecule has 0 saturated heterocycles. The van der Waals surface area contributed by atoms with Gasteiger partial charge in [-0.3, -0.25) is 4.79 Å². The molecule has 3 aromatic rings. The van der Waals surface area contributed by atoms with Crippen molar-refractivity contribution in [2.24, 2.45) is 0 Å². The van der Waals surface area contributed by atoms with Crippen molar-refractivity contribution < 1.29 is 31.5 Å². The molecule has 0 fully saturated rings. The van der Waals surface area contributed by atoms with E-state index in [1.165, 1.54) is 18.2 Å². The molecular formula is C19H13F4NO4. The van der Waals surface area contributed by atoms with Crippen molar-refractivity contribution in [3.05, 3.63) is 69.8 Å². The molecule has 146 valence electrons. The number of ether oxygens (including phenoxy) is 1. The Hall–Kier alpha value is -3.36. The molecule has 0 atom stereocenters. The van der Waals surface area contributed by atoms with E-state index in [1.54, 1.807) is 13.0 Å².